The van der Waals surface area contributed by atoms with Crippen molar-refractivity contribution >= 4 is 33.2 Å². The minimum absolute atomic E-state index is 0.698. The van der Waals surface area contributed by atoms with E-state index in [0.29, 0.717) is 11.8 Å². The minimum atomic E-state index is 0.698. The van der Waals surface area contributed by atoms with Crippen LogP contribution in [0.25, 0.3) is 0 Å². The molecule has 2 unspecified atom stereocenters. The van der Waals surface area contributed by atoms with Gasteiger partial charge in [-0.05, 0) is 49.8 Å². The summed E-state index contributed by atoms with van der Waals surface area (Å²) < 4.78 is 1.06. The van der Waals surface area contributed by atoms with Crippen molar-refractivity contribution in [1.82, 2.24) is 0 Å². The molecular formula is C15H19BrClN. The van der Waals surface area contributed by atoms with Crippen LogP contribution in [-0.2, 0) is 0 Å². The van der Waals surface area contributed by atoms with E-state index in [-0.39, 0.29) is 0 Å². The summed E-state index contributed by atoms with van der Waals surface area (Å²) in [7, 11) is 0. The van der Waals surface area contributed by atoms with E-state index in [1.165, 1.54) is 18.4 Å². The summed E-state index contributed by atoms with van der Waals surface area (Å²) in [4.78, 5) is 0. The average molecular weight is 329 g/mol. The zero-order chi connectivity index (χ0) is 13.1. The average Bonchev–Trinajstić information content (AvgIpc) is 2.29. The van der Waals surface area contributed by atoms with E-state index in [4.69, 9.17) is 11.6 Å². The maximum absolute atomic E-state index is 6.18. The number of allylic oxidation sites excluding steroid dienone is 2. The van der Waals surface area contributed by atoms with E-state index in [1.54, 1.807) is 0 Å². The Hall–Kier alpha value is -0.470. The Bertz CT molecular complexity index is 456. The Kier molecular flexibility index (Phi) is 4.74. The van der Waals surface area contributed by atoms with Crippen LogP contribution in [0.3, 0.4) is 0 Å². The largest absolute Gasteiger partial charge is 0.384 e. The zero-order valence-electron chi connectivity index (χ0n) is 10.8. The monoisotopic (exact) mass is 327 g/mol. The number of hydrogen-bond donors (Lipinski definition) is 1. The number of hydrogen-bond acceptors (Lipinski definition) is 1. The topological polar surface area (TPSA) is 12.0 Å². The van der Waals surface area contributed by atoms with Crippen molar-refractivity contribution in [2.75, 3.05) is 11.9 Å². The summed E-state index contributed by atoms with van der Waals surface area (Å²) in [6.07, 6.45) is 4.85. The van der Waals surface area contributed by atoms with Gasteiger partial charge in [-0.2, -0.15) is 0 Å². The van der Waals surface area contributed by atoms with Crippen molar-refractivity contribution in [3.05, 3.63) is 39.3 Å². The van der Waals surface area contributed by atoms with Crippen LogP contribution in [0.5, 0.6) is 0 Å². The highest BCUT2D eigenvalue weighted by molar-refractivity contribution is 9.10. The Morgan fingerprint density at radius 2 is 2.22 bits per heavy atom. The van der Waals surface area contributed by atoms with Gasteiger partial charge in [-0.1, -0.05) is 46.1 Å². The van der Waals surface area contributed by atoms with Crippen LogP contribution >= 0.6 is 27.5 Å². The number of halogens is 2. The second kappa shape index (κ2) is 6.12. The Morgan fingerprint density at radius 1 is 1.44 bits per heavy atom. The molecule has 0 aliphatic heterocycles. The van der Waals surface area contributed by atoms with Gasteiger partial charge in [0.15, 0.2) is 0 Å². The molecule has 0 bridgehead atoms. The summed E-state index contributed by atoms with van der Waals surface area (Å²) in [6, 6.07) is 5.92. The van der Waals surface area contributed by atoms with E-state index in [1.807, 2.05) is 18.2 Å². The van der Waals surface area contributed by atoms with Gasteiger partial charge in [0.1, 0.15) is 0 Å². The molecule has 0 fully saturated rings. The van der Waals surface area contributed by atoms with E-state index in [0.717, 1.165) is 21.7 Å². The van der Waals surface area contributed by atoms with Crippen LogP contribution in [0.2, 0.25) is 5.02 Å². The molecule has 2 rings (SSSR count). The first-order valence-electron chi connectivity index (χ1n) is 6.41. The molecule has 0 aromatic heterocycles. The molecule has 2 atom stereocenters. The maximum Gasteiger partial charge on any atom is 0.0638 e. The minimum Gasteiger partial charge on any atom is -0.384 e. The molecular weight excluding hydrogens is 310 g/mol. The maximum atomic E-state index is 6.18. The molecule has 0 heterocycles. The molecule has 1 aliphatic carbocycles. The van der Waals surface area contributed by atoms with E-state index in [9.17, 15) is 0 Å². The van der Waals surface area contributed by atoms with Crippen molar-refractivity contribution in [2.24, 2.45) is 11.8 Å². The molecule has 0 spiro atoms. The first-order chi connectivity index (χ1) is 8.54. The first-order valence-corrected chi connectivity index (χ1v) is 7.58. The number of benzene rings is 1. The van der Waals surface area contributed by atoms with Gasteiger partial charge < -0.3 is 5.32 Å². The smallest absolute Gasteiger partial charge is 0.0638 e. The Balaban J connectivity index is 1.96. The highest BCUT2D eigenvalue weighted by atomic mass is 79.9. The molecule has 0 saturated carbocycles. The van der Waals surface area contributed by atoms with Crippen molar-refractivity contribution < 1.29 is 0 Å². The fourth-order valence-corrected chi connectivity index (χ4v) is 3.27. The number of anilines is 1. The van der Waals surface area contributed by atoms with Crippen molar-refractivity contribution in [3.8, 4) is 0 Å². The van der Waals surface area contributed by atoms with E-state index >= 15 is 0 Å². The second-order valence-corrected chi connectivity index (χ2v) is 6.62. The van der Waals surface area contributed by atoms with Gasteiger partial charge in [0, 0.05) is 11.0 Å². The van der Waals surface area contributed by atoms with Crippen molar-refractivity contribution in [2.45, 2.75) is 26.7 Å². The summed E-state index contributed by atoms with van der Waals surface area (Å²) >= 11 is 9.65. The van der Waals surface area contributed by atoms with Crippen LogP contribution < -0.4 is 5.32 Å². The molecule has 0 radical (unpaired) electrons. The third-order valence-electron chi connectivity index (χ3n) is 3.39. The lowest BCUT2D eigenvalue weighted by molar-refractivity contribution is 0.421. The summed E-state index contributed by atoms with van der Waals surface area (Å²) in [5.74, 6) is 1.41. The lowest BCUT2D eigenvalue weighted by Gasteiger charge is -2.26. The van der Waals surface area contributed by atoms with Crippen LogP contribution in [0.15, 0.2) is 34.3 Å². The van der Waals surface area contributed by atoms with E-state index in [2.05, 4.69) is 41.2 Å². The zero-order valence-corrected chi connectivity index (χ0v) is 13.2. The number of nitrogens with one attached hydrogen (secondary N) is 1. The van der Waals surface area contributed by atoms with Gasteiger partial charge in [-0.25, -0.2) is 0 Å². The first kappa shape index (κ1) is 14.0. The molecule has 1 nitrogen and oxygen atoms in total. The van der Waals surface area contributed by atoms with Crippen molar-refractivity contribution in [1.29, 1.82) is 0 Å². The molecule has 3 heteroatoms. The lowest BCUT2D eigenvalue weighted by Crippen LogP contribution is -2.20. The van der Waals surface area contributed by atoms with Gasteiger partial charge in [0.05, 0.1) is 10.7 Å². The van der Waals surface area contributed by atoms with Gasteiger partial charge in [-0.15, -0.1) is 0 Å². The van der Waals surface area contributed by atoms with Crippen LogP contribution in [-0.4, -0.2) is 6.54 Å². The molecule has 18 heavy (non-hydrogen) atoms. The summed E-state index contributed by atoms with van der Waals surface area (Å²) in [6.45, 7) is 5.52. The van der Waals surface area contributed by atoms with Gasteiger partial charge in [0.2, 0.25) is 0 Å². The molecule has 1 N–H and O–H groups in total. The third kappa shape index (κ3) is 3.76. The Morgan fingerprint density at radius 3 is 2.94 bits per heavy atom. The standard InChI is InChI=1S/C15H19BrClN/c1-10-5-11(2)7-12(6-10)9-18-15-8-13(16)3-4-14(15)17/h3-5,8,10,12,18H,6-7,9H2,1-2H3. The Labute approximate surface area is 123 Å². The predicted molar refractivity (Wildman–Crippen MR) is 83.3 cm³/mol. The molecule has 1 aromatic carbocycles. The summed E-state index contributed by atoms with van der Waals surface area (Å²) in [5, 5.41) is 4.26. The fourth-order valence-electron chi connectivity index (χ4n) is 2.73. The molecule has 1 aliphatic rings. The third-order valence-corrected chi connectivity index (χ3v) is 4.22. The van der Waals surface area contributed by atoms with Gasteiger partial charge in [0.25, 0.3) is 0 Å². The summed E-state index contributed by atoms with van der Waals surface area (Å²) in [5.41, 5.74) is 2.53. The highest BCUT2D eigenvalue weighted by Crippen LogP contribution is 2.30. The lowest BCUT2D eigenvalue weighted by atomic mass is 9.84. The molecule has 0 amide bonds. The van der Waals surface area contributed by atoms with Crippen LogP contribution in [0, 0.1) is 11.8 Å². The quantitative estimate of drug-likeness (QED) is 0.722. The SMILES string of the molecule is CC1=CC(C)CC(CNc2cc(Br)ccc2Cl)C1. The molecule has 0 saturated heterocycles. The van der Waals surface area contributed by atoms with Gasteiger partial charge in [-0.3, -0.25) is 0 Å². The van der Waals surface area contributed by atoms with Crippen molar-refractivity contribution in [3.63, 3.8) is 0 Å². The van der Waals surface area contributed by atoms with E-state index < -0.39 is 0 Å². The van der Waals surface area contributed by atoms with Crippen LogP contribution in [0.4, 0.5) is 5.69 Å². The fraction of sp³-hybridized carbons (Fsp3) is 0.467. The van der Waals surface area contributed by atoms with Gasteiger partial charge >= 0.3 is 0 Å². The van der Waals surface area contributed by atoms with Crippen LogP contribution in [0.1, 0.15) is 26.7 Å². The molecule has 98 valence electrons. The highest BCUT2D eigenvalue weighted by Gasteiger charge is 2.18. The normalized spacial score (nSPS) is 23.7. The second-order valence-electron chi connectivity index (χ2n) is 5.30. The molecule has 1 aromatic rings. The number of rotatable bonds is 3. The predicted octanol–water partition coefficient (Wildman–Crippen LogP) is 5.51.